The van der Waals surface area contributed by atoms with E-state index in [-0.39, 0.29) is 0 Å². The Kier molecular flexibility index (Phi) is 4.34. The highest BCUT2D eigenvalue weighted by atomic mass is 15.3. The van der Waals surface area contributed by atoms with Gasteiger partial charge in [0.2, 0.25) is 0 Å². The van der Waals surface area contributed by atoms with Crippen molar-refractivity contribution in [3.05, 3.63) is 47.4 Å². The zero-order valence-electron chi connectivity index (χ0n) is 13.5. The standard InChI is InChI=1S/C17H23N5/c1-13-11-18-9-8-14(13)12-22-10-4-5-16(22)15-6-7-17(20-19-15)21(2)3/h6-9,11,16H,4-5,10,12H2,1-3H3. The van der Waals surface area contributed by atoms with Gasteiger partial charge in [-0.15, -0.1) is 5.10 Å². The molecule has 5 heteroatoms. The molecule has 1 fully saturated rings. The fraction of sp³-hybridized carbons (Fsp3) is 0.471. The number of aromatic nitrogens is 3. The summed E-state index contributed by atoms with van der Waals surface area (Å²) in [7, 11) is 3.97. The monoisotopic (exact) mass is 297 g/mol. The van der Waals surface area contributed by atoms with Crippen molar-refractivity contribution in [3.63, 3.8) is 0 Å². The molecule has 116 valence electrons. The summed E-state index contributed by atoms with van der Waals surface area (Å²) < 4.78 is 0. The van der Waals surface area contributed by atoms with Crippen molar-refractivity contribution in [2.75, 3.05) is 25.5 Å². The van der Waals surface area contributed by atoms with Crippen molar-refractivity contribution in [1.29, 1.82) is 0 Å². The zero-order valence-corrected chi connectivity index (χ0v) is 13.5. The lowest BCUT2D eigenvalue weighted by Crippen LogP contribution is -2.24. The molecule has 0 N–H and O–H groups in total. The van der Waals surface area contributed by atoms with Gasteiger partial charge in [-0.05, 0) is 55.6 Å². The Balaban J connectivity index is 1.77. The molecule has 0 aliphatic carbocycles. The Hall–Kier alpha value is -2.01. The van der Waals surface area contributed by atoms with Crippen LogP contribution in [0.4, 0.5) is 5.82 Å². The summed E-state index contributed by atoms with van der Waals surface area (Å²) in [6.45, 7) is 4.19. The van der Waals surface area contributed by atoms with Crippen LogP contribution in [0, 0.1) is 6.92 Å². The molecule has 2 aromatic rings. The first-order valence-corrected chi connectivity index (χ1v) is 7.79. The fourth-order valence-electron chi connectivity index (χ4n) is 3.00. The van der Waals surface area contributed by atoms with Crippen molar-refractivity contribution in [1.82, 2.24) is 20.1 Å². The van der Waals surface area contributed by atoms with Crippen LogP contribution in [0.5, 0.6) is 0 Å². The van der Waals surface area contributed by atoms with Crippen LogP contribution in [0.2, 0.25) is 0 Å². The highest BCUT2D eigenvalue weighted by Gasteiger charge is 2.27. The van der Waals surface area contributed by atoms with Gasteiger partial charge in [0.25, 0.3) is 0 Å². The molecule has 1 aliphatic heterocycles. The van der Waals surface area contributed by atoms with Gasteiger partial charge in [0.1, 0.15) is 0 Å². The van der Waals surface area contributed by atoms with Crippen LogP contribution in [0.3, 0.4) is 0 Å². The first-order chi connectivity index (χ1) is 10.6. The molecule has 0 aromatic carbocycles. The molecule has 1 saturated heterocycles. The van der Waals surface area contributed by atoms with Crippen LogP contribution in [0.1, 0.15) is 35.7 Å². The van der Waals surface area contributed by atoms with E-state index < -0.39 is 0 Å². The summed E-state index contributed by atoms with van der Waals surface area (Å²) in [5, 5.41) is 8.77. The van der Waals surface area contributed by atoms with Crippen LogP contribution < -0.4 is 4.90 Å². The van der Waals surface area contributed by atoms with Gasteiger partial charge in [-0.1, -0.05) is 0 Å². The van der Waals surface area contributed by atoms with Gasteiger partial charge < -0.3 is 4.90 Å². The van der Waals surface area contributed by atoms with Crippen LogP contribution in [0.25, 0.3) is 0 Å². The normalized spacial score (nSPS) is 18.6. The molecule has 0 saturated carbocycles. The molecule has 2 aromatic heterocycles. The Morgan fingerprint density at radius 1 is 1.23 bits per heavy atom. The molecule has 22 heavy (non-hydrogen) atoms. The highest BCUT2D eigenvalue weighted by molar-refractivity contribution is 5.35. The average Bonchev–Trinajstić information content (AvgIpc) is 2.98. The van der Waals surface area contributed by atoms with Gasteiger partial charge in [-0.2, -0.15) is 5.10 Å². The molecule has 0 bridgehead atoms. The third kappa shape index (κ3) is 3.09. The summed E-state index contributed by atoms with van der Waals surface area (Å²) in [5.41, 5.74) is 3.68. The van der Waals surface area contributed by atoms with Crippen molar-refractivity contribution in [3.8, 4) is 0 Å². The van der Waals surface area contributed by atoms with Crippen molar-refractivity contribution < 1.29 is 0 Å². The van der Waals surface area contributed by atoms with Crippen LogP contribution in [-0.4, -0.2) is 40.7 Å². The minimum absolute atomic E-state index is 0.372. The maximum absolute atomic E-state index is 4.45. The van der Waals surface area contributed by atoms with Crippen LogP contribution in [0.15, 0.2) is 30.6 Å². The van der Waals surface area contributed by atoms with E-state index in [9.17, 15) is 0 Å². The largest absolute Gasteiger partial charge is 0.361 e. The van der Waals surface area contributed by atoms with E-state index in [2.05, 4.69) is 45.2 Å². The number of hydrogen-bond acceptors (Lipinski definition) is 5. The van der Waals surface area contributed by atoms with E-state index in [4.69, 9.17) is 0 Å². The summed E-state index contributed by atoms with van der Waals surface area (Å²) in [4.78, 5) is 8.65. The number of aryl methyl sites for hydroxylation is 1. The minimum Gasteiger partial charge on any atom is -0.361 e. The lowest BCUT2D eigenvalue weighted by Gasteiger charge is -2.24. The van der Waals surface area contributed by atoms with Gasteiger partial charge in [0.15, 0.2) is 5.82 Å². The predicted octanol–water partition coefficient (Wildman–Crippen LogP) is 2.58. The third-order valence-corrected chi connectivity index (χ3v) is 4.34. The van der Waals surface area contributed by atoms with Crippen molar-refractivity contribution >= 4 is 5.82 Å². The van der Waals surface area contributed by atoms with Gasteiger partial charge in [-0.3, -0.25) is 9.88 Å². The second-order valence-electron chi connectivity index (χ2n) is 6.14. The molecule has 1 unspecified atom stereocenters. The Bertz CT molecular complexity index is 623. The van der Waals surface area contributed by atoms with Crippen molar-refractivity contribution in [2.45, 2.75) is 32.4 Å². The molecule has 3 rings (SSSR count). The number of nitrogens with zero attached hydrogens (tertiary/aromatic N) is 5. The van der Waals surface area contributed by atoms with Crippen molar-refractivity contribution in [2.24, 2.45) is 0 Å². The second-order valence-corrected chi connectivity index (χ2v) is 6.14. The molecular weight excluding hydrogens is 274 g/mol. The zero-order chi connectivity index (χ0) is 15.5. The molecule has 0 amide bonds. The summed E-state index contributed by atoms with van der Waals surface area (Å²) in [5.74, 6) is 0.901. The summed E-state index contributed by atoms with van der Waals surface area (Å²) in [6.07, 6.45) is 6.18. The van der Waals surface area contributed by atoms with Crippen LogP contribution >= 0.6 is 0 Å². The molecule has 5 nitrogen and oxygen atoms in total. The average molecular weight is 297 g/mol. The van der Waals surface area contributed by atoms with Gasteiger partial charge >= 0.3 is 0 Å². The number of pyridine rings is 1. The lowest BCUT2D eigenvalue weighted by atomic mass is 10.1. The highest BCUT2D eigenvalue weighted by Crippen LogP contribution is 2.32. The smallest absolute Gasteiger partial charge is 0.150 e. The van der Waals surface area contributed by atoms with E-state index in [1.807, 2.05) is 31.4 Å². The molecule has 1 aliphatic rings. The maximum atomic E-state index is 4.45. The van der Waals surface area contributed by atoms with E-state index >= 15 is 0 Å². The lowest BCUT2D eigenvalue weighted by molar-refractivity contribution is 0.243. The Morgan fingerprint density at radius 3 is 2.77 bits per heavy atom. The van der Waals surface area contributed by atoms with Gasteiger partial charge in [0.05, 0.1) is 11.7 Å². The number of anilines is 1. The fourth-order valence-corrected chi connectivity index (χ4v) is 3.00. The maximum Gasteiger partial charge on any atom is 0.150 e. The topological polar surface area (TPSA) is 45.2 Å². The summed E-state index contributed by atoms with van der Waals surface area (Å²) >= 11 is 0. The Labute approximate surface area is 132 Å². The third-order valence-electron chi connectivity index (χ3n) is 4.34. The van der Waals surface area contributed by atoms with Crippen LogP contribution in [-0.2, 0) is 6.54 Å². The molecule has 0 radical (unpaired) electrons. The SMILES string of the molecule is Cc1cnccc1CN1CCCC1c1ccc(N(C)C)nn1. The predicted molar refractivity (Wildman–Crippen MR) is 87.7 cm³/mol. The molecule has 0 spiro atoms. The number of rotatable bonds is 4. The molecule has 3 heterocycles. The molecular formula is C17H23N5. The quantitative estimate of drug-likeness (QED) is 0.868. The van der Waals surface area contributed by atoms with Gasteiger partial charge in [-0.25, -0.2) is 0 Å². The minimum atomic E-state index is 0.372. The first kappa shape index (κ1) is 14.9. The second kappa shape index (κ2) is 6.40. The Morgan fingerprint density at radius 2 is 2.09 bits per heavy atom. The van der Waals surface area contributed by atoms with Gasteiger partial charge in [0, 0.05) is 33.0 Å². The van der Waals surface area contributed by atoms with E-state index in [0.29, 0.717) is 6.04 Å². The number of hydrogen-bond donors (Lipinski definition) is 0. The number of likely N-dealkylation sites (tertiary alicyclic amines) is 1. The van der Waals surface area contributed by atoms with E-state index in [1.54, 1.807) is 0 Å². The van der Waals surface area contributed by atoms with E-state index in [1.165, 1.54) is 17.5 Å². The van der Waals surface area contributed by atoms with E-state index in [0.717, 1.165) is 31.0 Å². The first-order valence-electron chi connectivity index (χ1n) is 7.79. The molecule has 1 atom stereocenters. The summed E-state index contributed by atoms with van der Waals surface area (Å²) in [6, 6.07) is 6.66.